The molecular weight excluding hydrogens is 162 g/mol. The molecule has 0 aromatic heterocycles. The summed E-state index contributed by atoms with van der Waals surface area (Å²) in [6.45, 7) is 6.78. The first-order valence-corrected chi connectivity index (χ1v) is 5.31. The zero-order chi connectivity index (χ0) is 9.69. The summed E-state index contributed by atoms with van der Waals surface area (Å²) in [5.74, 6) is 0.264. The maximum absolute atomic E-state index is 11.4. The molecule has 2 nitrogen and oxygen atoms in total. The van der Waals surface area contributed by atoms with E-state index in [1.807, 2.05) is 0 Å². The van der Waals surface area contributed by atoms with Crippen LogP contribution >= 0.6 is 0 Å². The summed E-state index contributed by atoms with van der Waals surface area (Å²) < 4.78 is 0. The van der Waals surface area contributed by atoms with E-state index in [-0.39, 0.29) is 5.91 Å². The smallest absolute Gasteiger partial charge is 0.220 e. The lowest BCUT2D eigenvalue weighted by atomic mass is 9.48. The third-order valence-corrected chi connectivity index (χ3v) is 4.43. The Bertz CT molecular complexity index is 246. The molecular formula is C11H19NO. The summed E-state index contributed by atoms with van der Waals surface area (Å²) in [7, 11) is 0. The first-order valence-electron chi connectivity index (χ1n) is 5.31. The van der Waals surface area contributed by atoms with Gasteiger partial charge in [-0.2, -0.15) is 0 Å². The average Bonchev–Trinajstić information content (AvgIpc) is 2.43. The Morgan fingerprint density at radius 2 is 2.15 bits per heavy atom. The van der Waals surface area contributed by atoms with Crippen molar-refractivity contribution >= 4 is 5.91 Å². The highest BCUT2D eigenvalue weighted by molar-refractivity contribution is 5.80. The molecule has 74 valence electrons. The topological polar surface area (TPSA) is 29.1 Å². The molecule has 1 aliphatic heterocycles. The molecule has 2 atom stereocenters. The minimum absolute atomic E-state index is 0.264. The number of nitrogens with one attached hydrogen (secondary N) is 1. The van der Waals surface area contributed by atoms with Crippen LogP contribution in [0.5, 0.6) is 0 Å². The minimum atomic E-state index is 0.264. The van der Waals surface area contributed by atoms with Crippen LogP contribution in [0.2, 0.25) is 0 Å². The predicted octanol–water partition coefficient (Wildman–Crippen LogP) is 2.09. The van der Waals surface area contributed by atoms with Gasteiger partial charge in [-0.05, 0) is 24.7 Å². The van der Waals surface area contributed by atoms with Crippen molar-refractivity contribution in [3.8, 4) is 0 Å². The molecule has 2 unspecified atom stereocenters. The van der Waals surface area contributed by atoms with Crippen molar-refractivity contribution in [2.75, 3.05) is 0 Å². The third-order valence-electron chi connectivity index (χ3n) is 4.43. The summed E-state index contributed by atoms with van der Waals surface area (Å²) >= 11 is 0. The Kier molecular flexibility index (Phi) is 1.73. The Morgan fingerprint density at radius 1 is 1.46 bits per heavy atom. The van der Waals surface area contributed by atoms with Crippen LogP contribution in [0.1, 0.15) is 46.5 Å². The van der Waals surface area contributed by atoms with Crippen molar-refractivity contribution < 1.29 is 4.79 Å². The lowest BCUT2D eigenvalue weighted by Gasteiger charge is -2.56. The minimum Gasteiger partial charge on any atom is -0.353 e. The number of hydrogen-bond acceptors (Lipinski definition) is 1. The van der Waals surface area contributed by atoms with Gasteiger partial charge >= 0.3 is 0 Å². The second-order valence-electron chi connectivity index (χ2n) is 5.25. The molecule has 2 rings (SSSR count). The van der Waals surface area contributed by atoms with Crippen molar-refractivity contribution in [1.29, 1.82) is 0 Å². The van der Waals surface area contributed by atoms with Crippen LogP contribution in [0.3, 0.4) is 0 Å². The standard InChI is InChI=1S/C11H19NO/c1-4-8-11(7-9(13)12-8)6-5-10(11,2)3/h8H,4-7H2,1-3H3,(H,12,13). The van der Waals surface area contributed by atoms with Gasteiger partial charge in [0.2, 0.25) is 5.91 Å². The first-order chi connectivity index (χ1) is 6.02. The van der Waals surface area contributed by atoms with E-state index in [1.165, 1.54) is 12.8 Å². The van der Waals surface area contributed by atoms with E-state index in [4.69, 9.17) is 0 Å². The summed E-state index contributed by atoms with van der Waals surface area (Å²) in [4.78, 5) is 11.4. The summed E-state index contributed by atoms with van der Waals surface area (Å²) in [5.41, 5.74) is 0.658. The Hall–Kier alpha value is -0.530. The Labute approximate surface area is 80.1 Å². The van der Waals surface area contributed by atoms with Gasteiger partial charge in [-0.1, -0.05) is 20.8 Å². The number of amides is 1. The molecule has 1 N–H and O–H groups in total. The van der Waals surface area contributed by atoms with E-state index in [9.17, 15) is 4.79 Å². The summed E-state index contributed by atoms with van der Waals surface area (Å²) in [6, 6.07) is 0.434. The highest BCUT2D eigenvalue weighted by atomic mass is 16.2. The van der Waals surface area contributed by atoms with E-state index < -0.39 is 0 Å². The van der Waals surface area contributed by atoms with Gasteiger partial charge in [-0.15, -0.1) is 0 Å². The molecule has 1 saturated heterocycles. The Balaban J connectivity index is 2.26. The average molecular weight is 181 g/mol. The molecule has 1 amide bonds. The molecule has 0 aromatic rings. The second-order valence-corrected chi connectivity index (χ2v) is 5.25. The molecule has 1 spiro atoms. The van der Waals surface area contributed by atoms with E-state index in [2.05, 4.69) is 26.1 Å². The van der Waals surface area contributed by atoms with Gasteiger partial charge in [-0.3, -0.25) is 4.79 Å². The van der Waals surface area contributed by atoms with Crippen LogP contribution in [0, 0.1) is 10.8 Å². The maximum atomic E-state index is 11.4. The van der Waals surface area contributed by atoms with Gasteiger partial charge in [-0.25, -0.2) is 0 Å². The molecule has 1 aliphatic carbocycles. The maximum Gasteiger partial charge on any atom is 0.220 e. The molecule has 1 saturated carbocycles. The molecule has 2 fully saturated rings. The van der Waals surface area contributed by atoms with Gasteiger partial charge in [0.1, 0.15) is 0 Å². The number of rotatable bonds is 1. The quantitative estimate of drug-likeness (QED) is 0.659. The van der Waals surface area contributed by atoms with Crippen molar-refractivity contribution in [3.05, 3.63) is 0 Å². The molecule has 13 heavy (non-hydrogen) atoms. The van der Waals surface area contributed by atoms with Crippen LogP contribution in [0.4, 0.5) is 0 Å². The van der Waals surface area contributed by atoms with E-state index >= 15 is 0 Å². The highest BCUT2D eigenvalue weighted by Crippen LogP contribution is 2.62. The van der Waals surface area contributed by atoms with Gasteiger partial charge in [0, 0.05) is 17.9 Å². The van der Waals surface area contributed by atoms with Gasteiger partial charge in [0.05, 0.1) is 0 Å². The lowest BCUT2D eigenvalue weighted by Crippen LogP contribution is -2.54. The van der Waals surface area contributed by atoms with Crippen LogP contribution in [-0.2, 0) is 4.79 Å². The number of carbonyl (C=O) groups excluding carboxylic acids is 1. The third kappa shape index (κ3) is 0.976. The van der Waals surface area contributed by atoms with Crippen LogP contribution < -0.4 is 5.32 Å². The molecule has 0 bridgehead atoms. The van der Waals surface area contributed by atoms with Crippen molar-refractivity contribution in [1.82, 2.24) is 5.32 Å². The summed E-state index contributed by atoms with van der Waals surface area (Å²) in [6.07, 6.45) is 4.35. The Morgan fingerprint density at radius 3 is 2.46 bits per heavy atom. The zero-order valence-electron chi connectivity index (χ0n) is 8.81. The molecule has 1 heterocycles. The van der Waals surface area contributed by atoms with Gasteiger partial charge in [0.15, 0.2) is 0 Å². The normalized spacial score (nSPS) is 41.8. The molecule has 0 aromatic carbocycles. The fourth-order valence-electron chi connectivity index (χ4n) is 3.21. The zero-order valence-corrected chi connectivity index (χ0v) is 8.81. The predicted molar refractivity (Wildman–Crippen MR) is 52.3 cm³/mol. The van der Waals surface area contributed by atoms with Gasteiger partial charge in [0.25, 0.3) is 0 Å². The molecule has 2 aliphatic rings. The van der Waals surface area contributed by atoms with E-state index in [0.717, 1.165) is 12.8 Å². The van der Waals surface area contributed by atoms with Gasteiger partial charge < -0.3 is 5.32 Å². The van der Waals surface area contributed by atoms with E-state index in [0.29, 0.717) is 16.9 Å². The van der Waals surface area contributed by atoms with Crippen LogP contribution in [-0.4, -0.2) is 11.9 Å². The lowest BCUT2D eigenvalue weighted by molar-refractivity contribution is -0.122. The first kappa shape index (κ1) is 9.04. The van der Waals surface area contributed by atoms with Crippen LogP contribution in [0.15, 0.2) is 0 Å². The fourth-order valence-corrected chi connectivity index (χ4v) is 3.21. The SMILES string of the molecule is CCC1NC(=O)CC12CCC2(C)C. The number of hydrogen-bond donors (Lipinski definition) is 1. The monoisotopic (exact) mass is 181 g/mol. The van der Waals surface area contributed by atoms with Crippen molar-refractivity contribution in [2.45, 2.75) is 52.5 Å². The largest absolute Gasteiger partial charge is 0.353 e. The van der Waals surface area contributed by atoms with E-state index in [1.54, 1.807) is 0 Å². The fraction of sp³-hybridized carbons (Fsp3) is 0.909. The highest BCUT2D eigenvalue weighted by Gasteiger charge is 2.60. The molecule has 2 heteroatoms. The van der Waals surface area contributed by atoms with Crippen LogP contribution in [0.25, 0.3) is 0 Å². The molecule has 0 radical (unpaired) electrons. The summed E-state index contributed by atoms with van der Waals surface area (Å²) in [5, 5.41) is 3.11. The second kappa shape index (κ2) is 2.49. The number of carbonyl (C=O) groups is 1. The van der Waals surface area contributed by atoms with Crippen molar-refractivity contribution in [3.63, 3.8) is 0 Å². The van der Waals surface area contributed by atoms with Crippen molar-refractivity contribution in [2.24, 2.45) is 10.8 Å².